The van der Waals surface area contributed by atoms with Gasteiger partial charge >= 0.3 is 0 Å². The number of hydrogen-bond donors (Lipinski definition) is 1. The number of rotatable bonds is 4. The van der Waals surface area contributed by atoms with Crippen molar-refractivity contribution in [3.8, 4) is 0 Å². The second-order valence-corrected chi connectivity index (χ2v) is 6.49. The second-order valence-electron chi connectivity index (χ2n) is 5.10. The van der Waals surface area contributed by atoms with Crippen LogP contribution in [0.1, 0.15) is 25.3 Å². The molecule has 1 aliphatic heterocycles. The number of aryl methyl sites for hydroxylation is 1. The molecule has 1 N–H and O–H groups in total. The molecule has 21 heavy (non-hydrogen) atoms. The van der Waals surface area contributed by atoms with Gasteiger partial charge in [0.05, 0.1) is 11.6 Å². The average molecular weight is 312 g/mol. The normalized spacial score (nSPS) is 14.1. The number of unbranched alkanes of at least 4 members (excludes halogenated alkanes) is 1. The van der Waals surface area contributed by atoms with Gasteiger partial charge in [0.25, 0.3) is 10.1 Å². The van der Waals surface area contributed by atoms with Crippen molar-refractivity contribution in [2.24, 2.45) is 0 Å². The summed E-state index contributed by atoms with van der Waals surface area (Å²) in [4.78, 5) is 4.50. The summed E-state index contributed by atoms with van der Waals surface area (Å²) in [6, 6.07) is 6.27. The van der Waals surface area contributed by atoms with Crippen LogP contribution in [0.3, 0.4) is 0 Å². The molecule has 1 aromatic rings. The van der Waals surface area contributed by atoms with E-state index < -0.39 is 10.1 Å². The minimum atomic E-state index is -4.03. The Morgan fingerprint density at radius 1 is 1.24 bits per heavy atom. The van der Waals surface area contributed by atoms with Crippen molar-refractivity contribution in [3.05, 3.63) is 42.2 Å². The van der Waals surface area contributed by atoms with E-state index in [2.05, 4.69) is 36.2 Å². The van der Waals surface area contributed by atoms with E-state index in [9.17, 15) is 8.42 Å². The van der Waals surface area contributed by atoms with Crippen LogP contribution in [0.25, 0.3) is 0 Å². The quantitative estimate of drug-likeness (QED) is 0.866. The molecule has 1 heterocycles. The summed E-state index contributed by atoms with van der Waals surface area (Å²) in [5.74, 6) is 0. The monoisotopic (exact) mass is 312 g/mol. The van der Waals surface area contributed by atoms with Gasteiger partial charge in [-0.05, 0) is 25.0 Å². The molecule has 0 aliphatic carbocycles. The van der Waals surface area contributed by atoms with Gasteiger partial charge in [-0.25, -0.2) is 0 Å². The topological polar surface area (TPSA) is 60.9 Å². The number of benzene rings is 1. The van der Waals surface area contributed by atoms with Gasteiger partial charge in [-0.15, -0.1) is 0 Å². The lowest BCUT2D eigenvalue weighted by Gasteiger charge is -2.17. The maximum atomic E-state index is 10.6. The van der Waals surface area contributed by atoms with E-state index in [1.54, 1.807) is 25.1 Å². The highest BCUT2D eigenvalue weighted by Crippen LogP contribution is 2.12. The Morgan fingerprint density at radius 2 is 1.90 bits per heavy atom. The maximum Gasteiger partial charge on any atom is 0.294 e. The zero-order valence-electron chi connectivity index (χ0n) is 12.9. The molecule has 0 amide bonds. The number of hydrogen-bond acceptors (Lipinski definition) is 4. The van der Waals surface area contributed by atoms with Crippen molar-refractivity contribution in [2.75, 3.05) is 20.3 Å². The molecular weight excluding hydrogens is 288 g/mol. The zero-order valence-corrected chi connectivity index (χ0v) is 13.7. The molecule has 6 heteroatoms. The van der Waals surface area contributed by atoms with E-state index in [4.69, 9.17) is 4.55 Å². The van der Waals surface area contributed by atoms with Gasteiger partial charge in [-0.3, -0.25) is 4.55 Å². The molecule has 0 atom stereocenters. The van der Waals surface area contributed by atoms with E-state index in [0.717, 1.165) is 6.67 Å². The third-order valence-electron chi connectivity index (χ3n) is 3.11. The lowest BCUT2D eigenvalue weighted by Crippen LogP contribution is -2.23. The highest BCUT2D eigenvalue weighted by Gasteiger charge is 2.10. The molecule has 0 radical (unpaired) electrons. The second kappa shape index (κ2) is 8.05. The Balaban J connectivity index is 0.000000211. The van der Waals surface area contributed by atoms with Crippen molar-refractivity contribution in [3.63, 3.8) is 0 Å². The van der Waals surface area contributed by atoms with Gasteiger partial charge in [0, 0.05) is 26.0 Å². The third kappa shape index (κ3) is 6.18. The fourth-order valence-electron chi connectivity index (χ4n) is 1.94. The standard InChI is InChI=1S/C8H16N2.C7H8O3S/c1-3-4-5-10-7-6-9(2)8-10;1-6-4-2-3-5-7(6)11(8,9)10/h6-7H,3-5,8H2,1-2H3;2-5H,1H3,(H,8,9,10). The van der Waals surface area contributed by atoms with E-state index in [1.165, 1.54) is 25.5 Å². The van der Waals surface area contributed by atoms with Gasteiger partial charge in [0.15, 0.2) is 0 Å². The largest absolute Gasteiger partial charge is 0.362 e. The Kier molecular flexibility index (Phi) is 6.71. The molecule has 0 saturated carbocycles. The fraction of sp³-hybridized carbons (Fsp3) is 0.467. The molecule has 0 spiro atoms. The first-order valence-corrected chi connectivity index (χ1v) is 8.44. The van der Waals surface area contributed by atoms with Gasteiger partial charge in [0.2, 0.25) is 0 Å². The maximum absolute atomic E-state index is 10.6. The van der Waals surface area contributed by atoms with Gasteiger partial charge in [-0.2, -0.15) is 8.42 Å². The first kappa shape index (κ1) is 17.5. The lowest BCUT2D eigenvalue weighted by molar-refractivity contribution is 0.293. The predicted molar refractivity (Wildman–Crippen MR) is 84.4 cm³/mol. The van der Waals surface area contributed by atoms with Gasteiger partial charge < -0.3 is 9.80 Å². The molecule has 0 fully saturated rings. The highest BCUT2D eigenvalue weighted by molar-refractivity contribution is 7.85. The summed E-state index contributed by atoms with van der Waals surface area (Å²) in [5.41, 5.74) is 0.551. The van der Waals surface area contributed by atoms with Crippen LogP contribution in [0.15, 0.2) is 41.6 Å². The molecule has 1 aliphatic rings. The fourth-order valence-corrected chi connectivity index (χ4v) is 2.67. The summed E-state index contributed by atoms with van der Waals surface area (Å²) in [6.07, 6.45) is 6.87. The minimum Gasteiger partial charge on any atom is -0.362 e. The SMILES string of the molecule is CCCCN1C=CN(C)C1.Cc1ccccc1S(=O)(=O)O. The van der Waals surface area contributed by atoms with Crippen LogP contribution in [-0.2, 0) is 10.1 Å². The van der Waals surface area contributed by atoms with Crippen molar-refractivity contribution >= 4 is 10.1 Å². The zero-order chi connectivity index (χ0) is 15.9. The average Bonchev–Trinajstić information content (AvgIpc) is 2.82. The molecule has 5 nitrogen and oxygen atoms in total. The van der Waals surface area contributed by atoms with Crippen LogP contribution in [0.2, 0.25) is 0 Å². The molecule has 2 rings (SSSR count). The van der Waals surface area contributed by atoms with Crippen LogP contribution >= 0.6 is 0 Å². The Bertz CT molecular complexity index is 570. The summed E-state index contributed by atoms with van der Waals surface area (Å²) in [7, 11) is -1.93. The van der Waals surface area contributed by atoms with Crippen LogP contribution in [0.4, 0.5) is 0 Å². The van der Waals surface area contributed by atoms with Crippen LogP contribution in [0, 0.1) is 6.92 Å². The molecule has 0 saturated heterocycles. The van der Waals surface area contributed by atoms with Crippen molar-refractivity contribution in [1.29, 1.82) is 0 Å². The Morgan fingerprint density at radius 3 is 2.33 bits per heavy atom. The smallest absolute Gasteiger partial charge is 0.294 e. The minimum absolute atomic E-state index is 0.0278. The van der Waals surface area contributed by atoms with E-state index >= 15 is 0 Å². The molecule has 0 unspecified atom stereocenters. The predicted octanol–water partition coefficient (Wildman–Crippen LogP) is 2.70. The van der Waals surface area contributed by atoms with Gasteiger partial charge in [0.1, 0.15) is 0 Å². The summed E-state index contributed by atoms with van der Waals surface area (Å²) >= 11 is 0. The van der Waals surface area contributed by atoms with E-state index in [-0.39, 0.29) is 4.90 Å². The molecule has 0 bridgehead atoms. The molecular formula is C15H24N2O3S. The first-order chi connectivity index (χ1) is 9.84. The number of nitrogens with zero attached hydrogens (tertiary/aromatic N) is 2. The van der Waals surface area contributed by atoms with Crippen LogP contribution in [0.5, 0.6) is 0 Å². The molecule has 1 aromatic carbocycles. The van der Waals surface area contributed by atoms with Crippen molar-refractivity contribution in [2.45, 2.75) is 31.6 Å². The summed E-state index contributed by atoms with van der Waals surface area (Å²) in [6.45, 7) is 6.13. The van der Waals surface area contributed by atoms with Crippen molar-refractivity contribution < 1.29 is 13.0 Å². The van der Waals surface area contributed by atoms with Crippen LogP contribution < -0.4 is 0 Å². The van der Waals surface area contributed by atoms with Gasteiger partial charge in [-0.1, -0.05) is 31.5 Å². The Labute approximate surface area is 127 Å². The van der Waals surface area contributed by atoms with Crippen molar-refractivity contribution in [1.82, 2.24) is 9.80 Å². The summed E-state index contributed by atoms with van der Waals surface area (Å²) in [5, 5.41) is 0. The van der Waals surface area contributed by atoms with E-state index in [0.29, 0.717) is 5.56 Å². The first-order valence-electron chi connectivity index (χ1n) is 7.00. The molecule has 118 valence electrons. The van der Waals surface area contributed by atoms with E-state index in [1.807, 2.05) is 0 Å². The summed E-state index contributed by atoms with van der Waals surface area (Å²) < 4.78 is 29.9. The van der Waals surface area contributed by atoms with Crippen LogP contribution in [-0.4, -0.2) is 43.0 Å². The lowest BCUT2D eigenvalue weighted by atomic mass is 10.2. The molecule has 0 aromatic heterocycles. The highest BCUT2D eigenvalue weighted by atomic mass is 32.2. The Hall–Kier alpha value is -1.53. The third-order valence-corrected chi connectivity index (χ3v) is 4.12.